The van der Waals surface area contributed by atoms with Crippen molar-refractivity contribution in [1.29, 1.82) is 0 Å². The zero-order valence-electron chi connectivity index (χ0n) is 15.0. The van der Waals surface area contributed by atoms with Gasteiger partial charge in [-0.3, -0.25) is 4.79 Å². The van der Waals surface area contributed by atoms with Gasteiger partial charge in [0.15, 0.2) is 12.1 Å². The molecule has 3 rings (SSSR count). The summed E-state index contributed by atoms with van der Waals surface area (Å²) in [5.41, 5.74) is 0.792. The molecule has 2 aliphatic rings. The molecule has 144 valence electrons. The summed E-state index contributed by atoms with van der Waals surface area (Å²) in [6, 6.07) is 6.59. The first-order valence-corrected chi connectivity index (χ1v) is 8.55. The summed E-state index contributed by atoms with van der Waals surface area (Å²) in [5.74, 6) is -0.432. The zero-order chi connectivity index (χ0) is 18.9. The van der Waals surface area contributed by atoms with Crippen molar-refractivity contribution >= 4 is 5.91 Å². The summed E-state index contributed by atoms with van der Waals surface area (Å²) < 4.78 is 22.3. The minimum Gasteiger partial charge on any atom is -0.497 e. The highest BCUT2D eigenvalue weighted by atomic mass is 16.8. The molecule has 5 atom stereocenters. The Labute approximate surface area is 152 Å². The topological polar surface area (TPSA) is 106 Å². The van der Waals surface area contributed by atoms with E-state index in [4.69, 9.17) is 18.9 Å². The number of hydrogen-bond donors (Lipinski definition) is 3. The van der Waals surface area contributed by atoms with Crippen molar-refractivity contribution in [3.63, 3.8) is 0 Å². The number of methoxy groups -OCH3 is 1. The summed E-state index contributed by atoms with van der Waals surface area (Å²) in [5, 5.41) is 22.2. The van der Waals surface area contributed by atoms with E-state index in [1.54, 1.807) is 33.1 Å². The number of ether oxygens (including phenoxy) is 4. The average Bonchev–Trinajstić information content (AvgIpc) is 3.07. The van der Waals surface area contributed by atoms with E-state index in [9.17, 15) is 15.0 Å². The normalized spacial score (nSPS) is 30.7. The number of aliphatic hydroxyl groups excluding tert-OH is 2. The minimum absolute atomic E-state index is 0.136. The molecule has 8 heteroatoms. The fraction of sp³-hybridized carbons (Fsp3) is 0.611. The molecule has 0 radical (unpaired) electrons. The molecule has 3 N–H and O–H groups in total. The molecule has 26 heavy (non-hydrogen) atoms. The summed E-state index contributed by atoms with van der Waals surface area (Å²) in [4.78, 5) is 12.5. The van der Waals surface area contributed by atoms with Crippen LogP contribution in [-0.2, 0) is 25.4 Å². The monoisotopic (exact) mass is 367 g/mol. The van der Waals surface area contributed by atoms with E-state index in [2.05, 4.69) is 5.32 Å². The molecular weight excluding hydrogens is 342 g/mol. The Morgan fingerprint density at radius 1 is 1.38 bits per heavy atom. The Morgan fingerprint density at radius 2 is 2.15 bits per heavy atom. The lowest BCUT2D eigenvalue weighted by Gasteiger charge is -2.28. The molecule has 0 saturated carbocycles. The molecule has 0 unspecified atom stereocenters. The zero-order valence-corrected chi connectivity index (χ0v) is 15.0. The van der Waals surface area contributed by atoms with Crippen LogP contribution in [0.1, 0.15) is 19.4 Å². The maximum Gasteiger partial charge on any atom is 0.224 e. The molecule has 2 heterocycles. The second-order valence-corrected chi connectivity index (χ2v) is 6.94. The summed E-state index contributed by atoms with van der Waals surface area (Å²) in [6.07, 6.45) is -3.11. The van der Waals surface area contributed by atoms with Gasteiger partial charge in [-0.1, -0.05) is 12.1 Å². The number of rotatable bonds is 6. The van der Waals surface area contributed by atoms with Crippen molar-refractivity contribution in [3.8, 4) is 5.75 Å². The number of fused-ring (bicyclic) bond motifs is 1. The number of carbonyl (C=O) groups is 1. The van der Waals surface area contributed by atoms with Gasteiger partial charge in [0, 0.05) is 0 Å². The molecule has 2 fully saturated rings. The Morgan fingerprint density at radius 3 is 2.85 bits per heavy atom. The molecule has 0 spiro atoms. The smallest absolute Gasteiger partial charge is 0.224 e. The van der Waals surface area contributed by atoms with E-state index in [0.717, 1.165) is 5.56 Å². The van der Waals surface area contributed by atoms with Crippen LogP contribution in [0, 0.1) is 0 Å². The van der Waals surface area contributed by atoms with Crippen LogP contribution in [0.3, 0.4) is 0 Å². The second-order valence-electron chi connectivity index (χ2n) is 6.94. The predicted octanol–water partition coefficient (Wildman–Crippen LogP) is -0.0479. The average molecular weight is 367 g/mol. The SMILES string of the molecule is COc1cccc(CC(=O)N[C@H]2[C@H]3OC(C)(C)O[C@H]3O[C@@H]2[C@H](O)CO)c1. The molecule has 2 saturated heterocycles. The number of amides is 1. The van der Waals surface area contributed by atoms with Crippen LogP contribution >= 0.6 is 0 Å². The number of hydrogen-bond acceptors (Lipinski definition) is 7. The van der Waals surface area contributed by atoms with Crippen molar-refractivity contribution in [3.05, 3.63) is 29.8 Å². The Kier molecular flexibility index (Phi) is 5.50. The van der Waals surface area contributed by atoms with Gasteiger partial charge in [-0.25, -0.2) is 0 Å². The molecule has 1 aromatic carbocycles. The first-order valence-electron chi connectivity index (χ1n) is 8.55. The number of benzene rings is 1. The summed E-state index contributed by atoms with van der Waals surface area (Å²) in [7, 11) is 1.56. The van der Waals surface area contributed by atoms with E-state index < -0.39 is 43.0 Å². The molecule has 2 aliphatic heterocycles. The lowest BCUT2D eigenvalue weighted by molar-refractivity contribution is -0.218. The summed E-state index contributed by atoms with van der Waals surface area (Å²) in [6.45, 7) is 3.01. The maximum atomic E-state index is 12.5. The first-order chi connectivity index (χ1) is 12.3. The van der Waals surface area contributed by atoms with Crippen LogP contribution in [0.25, 0.3) is 0 Å². The van der Waals surface area contributed by atoms with Crippen molar-refractivity contribution in [2.24, 2.45) is 0 Å². The van der Waals surface area contributed by atoms with Gasteiger partial charge in [0.05, 0.1) is 26.2 Å². The van der Waals surface area contributed by atoms with Crippen LogP contribution < -0.4 is 10.1 Å². The fourth-order valence-electron chi connectivity index (χ4n) is 3.34. The van der Waals surface area contributed by atoms with E-state index in [1.165, 1.54) is 0 Å². The fourth-order valence-corrected chi connectivity index (χ4v) is 3.34. The standard InChI is InChI=1S/C18H25NO7/c1-18(2)25-16-14(15(12(21)9-20)24-17(16)26-18)19-13(22)8-10-5-4-6-11(7-10)23-3/h4-7,12,14-17,20-21H,8-9H2,1-3H3,(H,19,22)/t12-,14-,15-,16-,17-/m1/s1. The van der Waals surface area contributed by atoms with Crippen molar-refractivity contribution in [2.75, 3.05) is 13.7 Å². The van der Waals surface area contributed by atoms with Crippen LogP contribution in [0.4, 0.5) is 0 Å². The molecule has 1 aromatic rings. The van der Waals surface area contributed by atoms with Gasteiger partial charge in [-0.05, 0) is 31.5 Å². The Balaban J connectivity index is 1.70. The minimum atomic E-state index is -1.15. The Hall–Kier alpha value is -1.71. The van der Waals surface area contributed by atoms with Gasteiger partial charge in [0.1, 0.15) is 24.1 Å². The third kappa shape index (κ3) is 3.99. The predicted molar refractivity (Wildman–Crippen MR) is 90.4 cm³/mol. The lowest BCUT2D eigenvalue weighted by Crippen LogP contribution is -2.52. The number of nitrogens with one attached hydrogen (secondary N) is 1. The maximum absolute atomic E-state index is 12.5. The van der Waals surface area contributed by atoms with Gasteiger partial charge in [0.2, 0.25) is 5.91 Å². The van der Waals surface area contributed by atoms with E-state index in [0.29, 0.717) is 5.75 Å². The largest absolute Gasteiger partial charge is 0.497 e. The van der Waals surface area contributed by atoms with Crippen LogP contribution in [0.5, 0.6) is 5.75 Å². The van der Waals surface area contributed by atoms with Crippen molar-refractivity contribution in [1.82, 2.24) is 5.32 Å². The van der Waals surface area contributed by atoms with Crippen LogP contribution in [-0.4, -0.2) is 66.3 Å². The van der Waals surface area contributed by atoms with Crippen LogP contribution in [0.15, 0.2) is 24.3 Å². The van der Waals surface area contributed by atoms with E-state index >= 15 is 0 Å². The highest BCUT2D eigenvalue weighted by Gasteiger charge is 2.56. The number of aliphatic hydroxyl groups is 2. The quantitative estimate of drug-likeness (QED) is 0.647. The highest BCUT2D eigenvalue weighted by molar-refractivity contribution is 5.79. The van der Waals surface area contributed by atoms with Gasteiger partial charge < -0.3 is 34.5 Å². The lowest BCUT2D eigenvalue weighted by atomic mass is 10.0. The third-order valence-electron chi connectivity index (χ3n) is 4.48. The molecule has 0 bridgehead atoms. The van der Waals surface area contributed by atoms with Crippen LogP contribution in [0.2, 0.25) is 0 Å². The number of carbonyl (C=O) groups excluding carboxylic acids is 1. The molecule has 1 amide bonds. The summed E-state index contributed by atoms with van der Waals surface area (Å²) >= 11 is 0. The Bertz CT molecular complexity index is 650. The van der Waals surface area contributed by atoms with Crippen molar-refractivity contribution < 1.29 is 34.0 Å². The third-order valence-corrected chi connectivity index (χ3v) is 4.48. The molecule has 0 aliphatic carbocycles. The molecule has 0 aromatic heterocycles. The van der Waals surface area contributed by atoms with Gasteiger partial charge in [0.25, 0.3) is 0 Å². The van der Waals surface area contributed by atoms with Gasteiger partial charge in [-0.15, -0.1) is 0 Å². The second kappa shape index (κ2) is 7.50. The highest BCUT2D eigenvalue weighted by Crippen LogP contribution is 2.38. The molecule has 8 nitrogen and oxygen atoms in total. The van der Waals surface area contributed by atoms with E-state index in [-0.39, 0.29) is 12.3 Å². The van der Waals surface area contributed by atoms with Gasteiger partial charge in [-0.2, -0.15) is 0 Å². The van der Waals surface area contributed by atoms with Gasteiger partial charge >= 0.3 is 0 Å². The molecular formula is C18H25NO7. The van der Waals surface area contributed by atoms with Crippen molar-refractivity contribution in [2.45, 2.75) is 56.7 Å². The van der Waals surface area contributed by atoms with E-state index in [1.807, 2.05) is 12.1 Å². The first kappa shape index (κ1) is 19.1.